The summed E-state index contributed by atoms with van der Waals surface area (Å²) in [5.41, 5.74) is 11.2. The Labute approximate surface area is 160 Å². The molecule has 27 heavy (non-hydrogen) atoms. The molecule has 4 rings (SSSR count). The van der Waals surface area contributed by atoms with Gasteiger partial charge in [0, 0.05) is 23.8 Å². The lowest BCUT2D eigenvalue weighted by molar-refractivity contribution is 0.439. The van der Waals surface area contributed by atoms with E-state index in [-0.39, 0.29) is 23.8 Å². The first-order valence-corrected chi connectivity index (χ1v) is 9.32. The van der Waals surface area contributed by atoms with E-state index in [1.165, 1.54) is 16.7 Å². The van der Waals surface area contributed by atoms with E-state index in [9.17, 15) is 0 Å². The monoisotopic (exact) mass is 350 g/mol. The molecule has 0 saturated carbocycles. The molecule has 1 aliphatic carbocycles. The Balaban J connectivity index is 1.79. The molecule has 4 atom stereocenters. The Hall–Kier alpha value is -3.15. The van der Waals surface area contributed by atoms with Gasteiger partial charge in [-0.2, -0.15) is 5.26 Å². The van der Waals surface area contributed by atoms with E-state index < -0.39 is 0 Å². The highest BCUT2D eigenvalue weighted by atomic mass is 14.7. The van der Waals surface area contributed by atoms with Crippen LogP contribution in [0.25, 0.3) is 0 Å². The molecule has 2 nitrogen and oxygen atoms in total. The van der Waals surface area contributed by atoms with Gasteiger partial charge in [-0.25, -0.2) is 0 Å². The zero-order valence-corrected chi connectivity index (χ0v) is 15.1. The second-order valence-corrected chi connectivity index (χ2v) is 7.09. The summed E-state index contributed by atoms with van der Waals surface area (Å²) in [7, 11) is 0. The van der Waals surface area contributed by atoms with E-state index in [2.05, 4.69) is 78.9 Å². The zero-order valence-electron chi connectivity index (χ0n) is 15.1. The third-order valence-corrected chi connectivity index (χ3v) is 5.54. The summed E-state index contributed by atoms with van der Waals surface area (Å²) in [4.78, 5) is 0. The fourth-order valence-corrected chi connectivity index (χ4v) is 4.16. The lowest BCUT2D eigenvalue weighted by Crippen LogP contribution is -2.39. The van der Waals surface area contributed by atoms with Crippen LogP contribution < -0.4 is 5.73 Å². The first-order chi connectivity index (χ1) is 13.3. The number of hydrogen-bond donors (Lipinski definition) is 1. The Morgan fingerprint density at radius 2 is 1.15 bits per heavy atom. The molecule has 2 N–H and O–H groups in total. The van der Waals surface area contributed by atoms with Gasteiger partial charge in [-0.05, 0) is 28.8 Å². The topological polar surface area (TPSA) is 49.8 Å². The number of nitrogens with zero attached hydrogens (tertiary/aromatic N) is 1. The molecule has 0 heterocycles. The largest absolute Gasteiger partial charge is 0.326 e. The molecule has 0 unspecified atom stereocenters. The number of rotatable bonds is 3. The first kappa shape index (κ1) is 17.3. The molecule has 1 aliphatic rings. The molecule has 0 fully saturated rings. The average Bonchev–Trinajstić information content (AvgIpc) is 2.75. The zero-order chi connectivity index (χ0) is 18.6. The average molecular weight is 350 g/mol. The van der Waals surface area contributed by atoms with Crippen LogP contribution in [-0.2, 0) is 0 Å². The highest BCUT2D eigenvalue weighted by Crippen LogP contribution is 2.44. The van der Waals surface area contributed by atoms with E-state index in [4.69, 9.17) is 11.0 Å². The number of allylic oxidation sites excluding steroid dienone is 1. The number of hydrogen-bond acceptors (Lipinski definition) is 2. The molecule has 0 amide bonds. The van der Waals surface area contributed by atoms with Crippen molar-refractivity contribution in [3.8, 4) is 6.07 Å². The van der Waals surface area contributed by atoms with E-state index >= 15 is 0 Å². The van der Waals surface area contributed by atoms with Crippen LogP contribution in [0.15, 0.2) is 97.1 Å². The van der Waals surface area contributed by atoms with E-state index in [1.807, 2.05) is 24.3 Å². The van der Waals surface area contributed by atoms with Crippen LogP contribution in [0.5, 0.6) is 0 Å². The molecule has 0 aromatic heterocycles. The lowest BCUT2D eigenvalue weighted by atomic mass is 9.68. The van der Waals surface area contributed by atoms with Gasteiger partial charge in [0.25, 0.3) is 0 Å². The van der Waals surface area contributed by atoms with Gasteiger partial charge >= 0.3 is 0 Å². The van der Waals surface area contributed by atoms with Crippen LogP contribution in [-0.4, -0.2) is 6.04 Å². The van der Waals surface area contributed by atoms with Gasteiger partial charge < -0.3 is 5.73 Å². The van der Waals surface area contributed by atoms with Gasteiger partial charge in [-0.3, -0.25) is 0 Å². The van der Waals surface area contributed by atoms with E-state index in [0.29, 0.717) is 5.56 Å². The smallest absolute Gasteiger partial charge is 0.0991 e. The summed E-state index contributed by atoms with van der Waals surface area (Å²) in [6.07, 6.45) is 4.57. The fourth-order valence-electron chi connectivity index (χ4n) is 4.16. The maximum absolute atomic E-state index is 9.13. The van der Waals surface area contributed by atoms with Crippen molar-refractivity contribution in [2.75, 3.05) is 0 Å². The standard InChI is InChI=1S/C25H22N2/c26-17-18-11-13-21(14-12-18)24-22(19-7-3-1-4-8-19)15-16-23(25(24)27)20-9-5-2-6-10-20/h1-16,22-25H,27H2/t22-,23+,24+,25+/m0/s1. The summed E-state index contributed by atoms with van der Waals surface area (Å²) < 4.78 is 0. The van der Waals surface area contributed by atoms with Crippen LogP contribution in [0, 0.1) is 11.3 Å². The van der Waals surface area contributed by atoms with Crippen molar-refractivity contribution in [2.24, 2.45) is 5.73 Å². The van der Waals surface area contributed by atoms with Crippen molar-refractivity contribution in [1.29, 1.82) is 5.26 Å². The van der Waals surface area contributed by atoms with Crippen molar-refractivity contribution in [3.63, 3.8) is 0 Å². The summed E-state index contributed by atoms with van der Waals surface area (Å²) in [6.45, 7) is 0. The second kappa shape index (κ2) is 7.61. The minimum Gasteiger partial charge on any atom is -0.326 e. The van der Waals surface area contributed by atoms with Gasteiger partial charge in [-0.1, -0.05) is 84.9 Å². The Morgan fingerprint density at radius 1 is 0.630 bits per heavy atom. The number of nitrogens with two attached hydrogens (primary N) is 1. The molecular weight excluding hydrogens is 328 g/mol. The van der Waals surface area contributed by atoms with Crippen LogP contribution >= 0.6 is 0 Å². The maximum Gasteiger partial charge on any atom is 0.0991 e. The van der Waals surface area contributed by atoms with Gasteiger partial charge in [0.2, 0.25) is 0 Å². The molecule has 132 valence electrons. The minimum absolute atomic E-state index is 0.0458. The third-order valence-electron chi connectivity index (χ3n) is 5.54. The third kappa shape index (κ3) is 3.43. The van der Waals surface area contributed by atoms with Crippen LogP contribution in [0.2, 0.25) is 0 Å². The molecule has 0 aliphatic heterocycles. The molecule has 0 spiro atoms. The van der Waals surface area contributed by atoms with Crippen molar-refractivity contribution in [3.05, 3.63) is 119 Å². The van der Waals surface area contributed by atoms with Gasteiger partial charge in [0.15, 0.2) is 0 Å². The normalized spacial score (nSPS) is 24.3. The summed E-state index contributed by atoms with van der Waals surface area (Å²) >= 11 is 0. The summed E-state index contributed by atoms with van der Waals surface area (Å²) in [5, 5.41) is 9.13. The Bertz CT molecular complexity index is 953. The van der Waals surface area contributed by atoms with Gasteiger partial charge in [0.05, 0.1) is 11.6 Å². The van der Waals surface area contributed by atoms with Crippen molar-refractivity contribution in [1.82, 2.24) is 0 Å². The highest BCUT2D eigenvalue weighted by Gasteiger charge is 2.36. The highest BCUT2D eigenvalue weighted by molar-refractivity contribution is 5.42. The molecule has 0 bridgehead atoms. The number of nitriles is 1. The van der Waals surface area contributed by atoms with Crippen LogP contribution in [0.1, 0.15) is 40.0 Å². The molecule has 2 heteroatoms. The second-order valence-electron chi connectivity index (χ2n) is 7.09. The van der Waals surface area contributed by atoms with Gasteiger partial charge in [-0.15, -0.1) is 0 Å². The maximum atomic E-state index is 9.13. The molecular formula is C25H22N2. The Kier molecular flexibility index (Phi) is 4.87. The molecule has 0 radical (unpaired) electrons. The van der Waals surface area contributed by atoms with Crippen molar-refractivity contribution in [2.45, 2.75) is 23.8 Å². The van der Waals surface area contributed by atoms with Crippen molar-refractivity contribution >= 4 is 0 Å². The summed E-state index contributed by atoms with van der Waals surface area (Å²) in [6, 6.07) is 31.0. The molecule has 0 saturated heterocycles. The lowest BCUT2D eigenvalue weighted by Gasteiger charge is -2.38. The van der Waals surface area contributed by atoms with Crippen LogP contribution in [0.3, 0.4) is 0 Å². The van der Waals surface area contributed by atoms with E-state index in [0.717, 1.165) is 0 Å². The molecule has 3 aromatic rings. The SMILES string of the molecule is N#Cc1ccc([C@H]2[C@H](N)[C@@H](c3ccccc3)C=C[C@H]2c2ccccc2)cc1. The van der Waals surface area contributed by atoms with Gasteiger partial charge in [0.1, 0.15) is 0 Å². The van der Waals surface area contributed by atoms with Crippen molar-refractivity contribution < 1.29 is 0 Å². The minimum atomic E-state index is -0.0458. The summed E-state index contributed by atoms with van der Waals surface area (Å²) in [5.74, 6) is 0.538. The quantitative estimate of drug-likeness (QED) is 0.668. The Morgan fingerprint density at radius 3 is 1.70 bits per heavy atom. The molecule has 3 aromatic carbocycles. The fraction of sp³-hybridized carbons (Fsp3) is 0.160. The van der Waals surface area contributed by atoms with E-state index in [1.54, 1.807) is 0 Å². The first-order valence-electron chi connectivity index (χ1n) is 9.32. The predicted octanol–water partition coefficient (Wildman–Crippen LogP) is 5.11. The predicted molar refractivity (Wildman–Crippen MR) is 109 cm³/mol. The number of benzene rings is 3. The van der Waals surface area contributed by atoms with Crippen LogP contribution in [0.4, 0.5) is 0 Å².